The maximum atomic E-state index is 12.3. The summed E-state index contributed by atoms with van der Waals surface area (Å²) in [5, 5.41) is 18.7. The van der Waals surface area contributed by atoms with Crippen molar-refractivity contribution in [2.24, 2.45) is 0 Å². The fourth-order valence-electron chi connectivity index (χ4n) is 2.03. The van der Waals surface area contributed by atoms with Crippen molar-refractivity contribution in [2.45, 2.75) is 0 Å². The Labute approximate surface area is 119 Å². The van der Waals surface area contributed by atoms with E-state index in [1.54, 1.807) is 0 Å². The number of aromatic carboxylic acids is 1. The Morgan fingerprint density at radius 2 is 1.52 bits per heavy atom. The third kappa shape index (κ3) is 2.27. The zero-order valence-electron chi connectivity index (χ0n) is 10.7. The lowest BCUT2D eigenvalue weighted by Gasteiger charge is -2.06. The molecule has 0 amide bonds. The first-order valence-electron chi connectivity index (χ1n) is 6.07. The van der Waals surface area contributed by atoms with Crippen LogP contribution >= 0.6 is 0 Å². The molecule has 1 aliphatic heterocycles. The van der Waals surface area contributed by atoms with Gasteiger partial charge in [-0.25, -0.2) is 4.79 Å². The normalized spacial score (nSPS) is 12.2. The summed E-state index contributed by atoms with van der Waals surface area (Å²) < 4.78 is 10.3. The standard InChI is InChI=1S/C15H10O6/c16-11-6-13-12(20-7-21-13)5-10(11)14(17)8-1-3-9(4-2-8)15(18)19/h1-6,16H,7H2,(H,18,19). The first-order valence-corrected chi connectivity index (χ1v) is 6.07. The number of ketones is 1. The number of carbonyl (C=O) groups is 2. The van der Waals surface area contributed by atoms with E-state index in [1.807, 2.05) is 0 Å². The van der Waals surface area contributed by atoms with Crippen LogP contribution in [0.2, 0.25) is 0 Å². The maximum Gasteiger partial charge on any atom is 0.335 e. The zero-order valence-corrected chi connectivity index (χ0v) is 10.7. The van der Waals surface area contributed by atoms with Gasteiger partial charge in [-0.1, -0.05) is 12.1 Å². The average Bonchev–Trinajstić information content (AvgIpc) is 2.93. The summed E-state index contributed by atoms with van der Waals surface area (Å²) in [6.45, 7) is 0.0414. The second kappa shape index (κ2) is 4.82. The van der Waals surface area contributed by atoms with Gasteiger partial charge in [0.2, 0.25) is 6.79 Å². The number of ether oxygens (including phenoxy) is 2. The molecule has 0 aromatic heterocycles. The van der Waals surface area contributed by atoms with Gasteiger partial charge in [-0.05, 0) is 18.2 Å². The first kappa shape index (κ1) is 13.0. The number of phenols is 1. The molecule has 0 bridgehead atoms. The van der Waals surface area contributed by atoms with Crippen molar-refractivity contribution in [1.29, 1.82) is 0 Å². The van der Waals surface area contributed by atoms with E-state index in [1.165, 1.54) is 36.4 Å². The molecule has 3 rings (SSSR count). The van der Waals surface area contributed by atoms with Gasteiger partial charge in [0, 0.05) is 11.6 Å². The Kier molecular flexibility index (Phi) is 2.98. The van der Waals surface area contributed by atoms with Gasteiger partial charge in [0.25, 0.3) is 0 Å². The SMILES string of the molecule is O=C(O)c1ccc(C(=O)c2cc3c(cc2O)OCO3)cc1. The summed E-state index contributed by atoms with van der Waals surface area (Å²) in [7, 11) is 0. The highest BCUT2D eigenvalue weighted by atomic mass is 16.7. The zero-order chi connectivity index (χ0) is 15.0. The molecule has 0 fully saturated rings. The second-order valence-corrected chi connectivity index (χ2v) is 4.43. The minimum absolute atomic E-state index is 0.0414. The third-order valence-electron chi connectivity index (χ3n) is 3.13. The maximum absolute atomic E-state index is 12.3. The molecule has 0 saturated carbocycles. The minimum Gasteiger partial charge on any atom is -0.507 e. The highest BCUT2D eigenvalue weighted by molar-refractivity contribution is 6.11. The Hall–Kier alpha value is -3.02. The number of fused-ring (bicyclic) bond motifs is 1. The van der Waals surface area contributed by atoms with Crippen LogP contribution in [-0.4, -0.2) is 28.8 Å². The van der Waals surface area contributed by atoms with E-state index >= 15 is 0 Å². The monoisotopic (exact) mass is 286 g/mol. The molecule has 106 valence electrons. The lowest BCUT2D eigenvalue weighted by molar-refractivity contribution is 0.0696. The van der Waals surface area contributed by atoms with E-state index in [2.05, 4.69) is 0 Å². The van der Waals surface area contributed by atoms with Crippen LogP contribution < -0.4 is 9.47 Å². The largest absolute Gasteiger partial charge is 0.507 e. The van der Waals surface area contributed by atoms with Gasteiger partial charge in [-0.2, -0.15) is 0 Å². The van der Waals surface area contributed by atoms with Crippen molar-refractivity contribution in [3.05, 3.63) is 53.1 Å². The summed E-state index contributed by atoms with van der Waals surface area (Å²) in [5.41, 5.74) is 0.429. The van der Waals surface area contributed by atoms with Crippen molar-refractivity contribution in [3.63, 3.8) is 0 Å². The molecule has 0 saturated heterocycles. The fraction of sp³-hybridized carbons (Fsp3) is 0.0667. The topological polar surface area (TPSA) is 93.1 Å². The number of benzene rings is 2. The smallest absolute Gasteiger partial charge is 0.335 e. The molecule has 0 atom stereocenters. The average molecular weight is 286 g/mol. The van der Waals surface area contributed by atoms with Gasteiger partial charge in [0.1, 0.15) is 5.75 Å². The van der Waals surface area contributed by atoms with E-state index in [9.17, 15) is 14.7 Å². The van der Waals surface area contributed by atoms with Crippen molar-refractivity contribution >= 4 is 11.8 Å². The number of carboxylic acid groups (broad SMARTS) is 1. The molecule has 6 nitrogen and oxygen atoms in total. The van der Waals surface area contributed by atoms with Crippen LogP contribution in [0.1, 0.15) is 26.3 Å². The number of carbonyl (C=O) groups excluding carboxylic acids is 1. The molecule has 0 spiro atoms. The highest BCUT2D eigenvalue weighted by Gasteiger charge is 2.21. The predicted octanol–water partition coefficient (Wildman–Crippen LogP) is 2.05. The first-order chi connectivity index (χ1) is 10.1. The Morgan fingerprint density at radius 1 is 0.952 bits per heavy atom. The number of hydrogen-bond acceptors (Lipinski definition) is 5. The molecule has 0 aliphatic carbocycles. The molecule has 2 aromatic rings. The quantitative estimate of drug-likeness (QED) is 0.839. The van der Waals surface area contributed by atoms with Gasteiger partial charge < -0.3 is 19.7 Å². The summed E-state index contributed by atoms with van der Waals surface area (Å²) in [6, 6.07) is 8.19. The molecule has 2 aromatic carbocycles. The number of carboxylic acids is 1. The number of aromatic hydroxyl groups is 1. The lowest BCUT2D eigenvalue weighted by atomic mass is 10.0. The molecule has 2 N–H and O–H groups in total. The van der Waals surface area contributed by atoms with E-state index in [0.29, 0.717) is 11.5 Å². The van der Waals surface area contributed by atoms with Crippen molar-refractivity contribution in [2.75, 3.05) is 6.79 Å². The molecule has 0 unspecified atom stereocenters. The second-order valence-electron chi connectivity index (χ2n) is 4.43. The van der Waals surface area contributed by atoms with Crippen LogP contribution in [0.3, 0.4) is 0 Å². The Balaban J connectivity index is 1.97. The molecular weight excluding hydrogens is 276 g/mol. The van der Waals surface area contributed by atoms with Crippen molar-refractivity contribution < 1.29 is 29.3 Å². The van der Waals surface area contributed by atoms with Crippen LogP contribution in [0.5, 0.6) is 17.2 Å². The van der Waals surface area contributed by atoms with E-state index < -0.39 is 11.8 Å². The van der Waals surface area contributed by atoms with Crippen molar-refractivity contribution in [3.8, 4) is 17.2 Å². The van der Waals surface area contributed by atoms with Gasteiger partial charge in [0.15, 0.2) is 17.3 Å². The summed E-state index contributed by atoms with van der Waals surface area (Å²) in [6.07, 6.45) is 0. The molecule has 1 aliphatic rings. The third-order valence-corrected chi connectivity index (χ3v) is 3.13. The van der Waals surface area contributed by atoms with Gasteiger partial charge in [-0.3, -0.25) is 4.79 Å². The van der Waals surface area contributed by atoms with E-state index in [4.69, 9.17) is 14.6 Å². The number of phenolic OH excluding ortho intramolecular Hbond substituents is 1. The molecular formula is C15H10O6. The van der Waals surface area contributed by atoms with Crippen LogP contribution in [0, 0.1) is 0 Å². The fourth-order valence-corrected chi connectivity index (χ4v) is 2.03. The molecule has 1 heterocycles. The van der Waals surface area contributed by atoms with E-state index in [0.717, 1.165) is 0 Å². The van der Waals surface area contributed by atoms with Crippen LogP contribution in [0.4, 0.5) is 0 Å². The number of rotatable bonds is 3. The van der Waals surface area contributed by atoms with Crippen LogP contribution in [-0.2, 0) is 0 Å². The Bertz CT molecular complexity index is 733. The van der Waals surface area contributed by atoms with Crippen LogP contribution in [0.15, 0.2) is 36.4 Å². The molecule has 21 heavy (non-hydrogen) atoms. The predicted molar refractivity (Wildman–Crippen MR) is 71.1 cm³/mol. The highest BCUT2D eigenvalue weighted by Crippen LogP contribution is 2.38. The Morgan fingerprint density at radius 3 is 2.14 bits per heavy atom. The van der Waals surface area contributed by atoms with Gasteiger partial charge in [-0.15, -0.1) is 0 Å². The summed E-state index contributed by atoms with van der Waals surface area (Å²) in [4.78, 5) is 23.1. The molecule has 6 heteroatoms. The van der Waals surface area contributed by atoms with Gasteiger partial charge in [0.05, 0.1) is 11.1 Å². The lowest BCUT2D eigenvalue weighted by Crippen LogP contribution is -2.03. The molecule has 0 radical (unpaired) electrons. The van der Waals surface area contributed by atoms with Gasteiger partial charge >= 0.3 is 5.97 Å². The number of hydrogen-bond donors (Lipinski definition) is 2. The minimum atomic E-state index is -1.07. The van der Waals surface area contributed by atoms with E-state index in [-0.39, 0.29) is 29.2 Å². The summed E-state index contributed by atoms with van der Waals surface area (Å²) >= 11 is 0. The summed E-state index contributed by atoms with van der Waals surface area (Å²) in [5.74, 6) is -0.946. The van der Waals surface area contributed by atoms with Crippen LogP contribution in [0.25, 0.3) is 0 Å². The van der Waals surface area contributed by atoms with Crippen molar-refractivity contribution in [1.82, 2.24) is 0 Å².